The molecule has 0 aliphatic rings. The van der Waals surface area contributed by atoms with Crippen molar-refractivity contribution in [2.45, 2.75) is 6.54 Å². The molecular weight excluding hydrogens is 341 g/mol. The molecule has 1 radical (unpaired) electrons. The zero-order chi connectivity index (χ0) is 18.4. The lowest BCUT2D eigenvalue weighted by Gasteiger charge is -2.09. The van der Waals surface area contributed by atoms with E-state index in [1.807, 2.05) is 0 Å². The molecule has 3 nitrogen and oxygen atoms in total. The minimum absolute atomic E-state index is 0.00524. The van der Waals surface area contributed by atoms with Gasteiger partial charge in [-0.2, -0.15) is 0 Å². The summed E-state index contributed by atoms with van der Waals surface area (Å²) in [5.41, 5.74) is 6.90. The third kappa shape index (κ3) is 2.42. The zero-order valence-electron chi connectivity index (χ0n) is 13.4. The first-order valence-electron chi connectivity index (χ1n) is 7.83. The summed E-state index contributed by atoms with van der Waals surface area (Å²) in [4.78, 5) is 11.8. The molecule has 3 aromatic carbocycles. The summed E-state index contributed by atoms with van der Waals surface area (Å²) >= 11 is 0. The van der Waals surface area contributed by atoms with E-state index in [9.17, 15) is 18.0 Å². The smallest absolute Gasteiger partial charge is 0.249 e. The number of primary amides is 1. The molecule has 129 valence electrons. The van der Waals surface area contributed by atoms with Crippen LogP contribution in [-0.2, 0) is 6.54 Å². The van der Waals surface area contributed by atoms with Crippen LogP contribution < -0.4 is 5.73 Å². The van der Waals surface area contributed by atoms with Crippen molar-refractivity contribution in [1.29, 1.82) is 0 Å². The lowest BCUT2D eigenvalue weighted by atomic mass is 10.1. The fourth-order valence-corrected chi connectivity index (χ4v) is 3.25. The molecule has 0 fully saturated rings. The van der Waals surface area contributed by atoms with Gasteiger partial charge >= 0.3 is 0 Å². The summed E-state index contributed by atoms with van der Waals surface area (Å²) < 4.78 is 43.1. The van der Waals surface area contributed by atoms with Crippen molar-refractivity contribution >= 4 is 27.7 Å². The maximum atomic E-state index is 14.1. The van der Waals surface area contributed by atoms with Gasteiger partial charge in [0, 0.05) is 28.0 Å². The number of hydrogen-bond donors (Lipinski definition) is 1. The van der Waals surface area contributed by atoms with Gasteiger partial charge < -0.3 is 10.3 Å². The maximum Gasteiger partial charge on any atom is 0.249 e. The molecule has 26 heavy (non-hydrogen) atoms. The molecular formula is C20H12F3N2O. The van der Waals surface area contributed by atoms with Crippen molar-refractivity contribution in [3.63, 3.8) is 0 Å². The molecule has 1 amide bonds. The predicted octanol–water partition coefficient (Wildman–Crippen LogP) is 4.16. The standard InChI is InChI=1S/C20H12F3N2O/c21-12-7-8-16-14(9-12)18-13(20(24)26)4-2-6-17(18)25(16)10-11-3-1-5-15(22)19(11)23/h1-8H,10H2,(H2,24,26). The molecule has 1 heterocycles. The van der Waals surface area contributed by atoms with Crippen LogP contribution in [0.3, 0.4) is 0 Å². The molecule has 2 N–H and O–H groups in total. The molecule has 0 aliphatic carbocycles. The van der Waals surface area contributed by atoms with E-state index in [1.165, 1.54) is 30.3 Å². The number of rotatable bonds is 3. The van der Waals surface area contributed by atoms with E-state index in [0.717, 1.165) is 6.07 Å². The lowest BCUT2D eigenvalue weighted by Crippen LogP contribution is -2.11. The van der Waals surface area contributed by atoms with Crippen LogP contribution in [0, 0.1) is 23.5 Å². The van der Waals surface area contributed by atoms with Gasteiger partial charge in [0.05, 0.1) is 17.6 Å². The van der Waals surface area contributed by atoms with E-state index in [4.69, 9.17) is 5.73 Å². The van der Waals surface area contributed by atoms with Gasteiger partial charge in [-0.25, -0.2) is 13.2 Å². The Morgan fingerprint density at radius 2 is 1.77 bits per heavy atom. The number of halogens is 3. The minimum atomic E-state index is -0.946. The van der Waals surface area contributed by atoms with Gasteiger partial charge in [-0.1, -0.05) is 18.2 Å². The average molecular weight is 353 g/mol. The Bertz CT molecular complexity index is 1180. The largest absolute Gasteiger partial charge is 0.366 e. The first-order valence-corrected chi connectivity index (χ1v) is 7.83. The third-order valence-corrected chi connectivity index (χ3v) is 4.39. The number of nitrogens with two attached hydrogens (primary N) is 1. The topological polar surface area (TPSA) is 48.0 Å². The summed E-state index contributed by atoms with van der Waals surface area (Å²) in [6.07, 6.45) is 0. The molecule has 0 unspecified atom stereocenters. The van der Waals surface area contributed by atoms with Gasteiger partial charge in [0.15, 0.2) is 11.6 Å². The molecule has 0 atom stereocenters. The molecule has 0 spiro atoms. The summed E-state index contributed by atoms with van der Waals surface area (Å²) in [5.74, 6) is -3.14. The van der Waals surface area contributed by atoms with E-state index in [0.29, 0.717) is 21.8 Å². The van der Waals surface area contributed by atoms with E-state index in [-0.39, 0.29) is 17.7 Å². The molecule has 0 bridgehead atoms. The summed E-state index contributed by atoms with van der Waals surface area (Å²) in [7, 11) is 0. The number of fused-ring (bicyclic) bond motifs is 3. The van der Waals surface area contributed by atoms with E-state index >= 15 is 0 Å². The van der Waals surface area contributed by atoms with Crippen molar-refractivity contribution in [3.8, 4) is 0 Å². The Morgan fingerprint density at radius 1 is 1.00 bits per heavy atom. The van der Waals surface area contributed by atoms with Gasteiger partial charge in [-0.05, 0) is 30.3 Å². The monoisotopic (exact) mass is 353 g/mol. The SMILES string of the molecule is NC(=O)c1cccc2c1c1[c]c(F)ccc1n2Cc1cccc(F)c1F. The van der Waals surface area contributed by atoms with Crippen LogP contribution in [0.2, 0.25) is 0 Å². The Hall–Kier alpha value is -3.28. The number of hydrogen-bond acceptors (Lipinski definition) is 1. The van der Waals surface area contributed by atoms with Crippen LogP contribution in [-0.4, -0.2) is 10.5 Å². The van der Waals surface area contributed by atoms with Crippen LogP contribution >= 0.6 is 0 Å². The second-order valence-electron chi connectivity index (χ2n) is 5.93. The molecule has 0 saturated carbocycles. The Balaban J connectivity index is 2.06. The molecule has 4 rings (SSSR count). The summed E-state index contributed by atoms with van der Waals surface area (Å²) in [5, 5.41) is 0.803. The highest BCUT2D eigenvalue weighted by atomic mass is 19.2. The van der Waals surface area contributed by atoms with Crippen LogP contribution in [0.15, 0.2) is 48.5 Å². The first-order chi connectivity index (χ1) is 12.5. The zero-order valence-corrected chi connectivity index (χ0v) is 13.4. The van der Waals surface area contributed by atoms with Crippen molar-refractivity contribution in [3.05, 3.63) is 83.2 Å². The first kappa shape index (κ1) is 16.2. The molecule has 0 aliphatic heterocycles. The molecule has 0 saturated heterocycles. The minimum Gasteiger partial charge on any atom is -0.366 e. The van der Waals surface area contributed by atoms with E-state index in [2.05, 4.69) is 6.07 Å². The highest BCUT2D eigenvalue weighted by Gasteiger charge is 2.18. The molecule has 6 heteroatoms. The Labute approximate surface area is 146 Å². The number of benzene rings is 3. The number of carbonyl (C=O) groups excluding carboxylic acids is 1. The lowest BCUT2D eigenvalue weighted by molar-refractivity contribution is 0.100. The van der Waals surface area contributed by atoms with Crippen molar-refractivity contribution in [1.82, 2.24) is 4.57 Å². The van der Waals surface area contributed by atoms with E-state index in [1.54, 1.807) is 16.7 Å². The molecule has 4 aromatic rings. The van der Waals surface area contributed by atoms with Crippen molar-refractivity contribution in [2.24, 2.45) is 5.73 Å². The average Bonchev–Trinajstić information content (AvgIpc) is 2.92. The van der Waals surface area contributed by atoms with Crippen LogP contribution in [0.1, 0.15) is 15.9 Å². The summed E-state index contributed by atoms with van der Waals surface area (Å²) in [6.45, 7) is 0.00524. The molecule has 1 aromatic heterocycles. The Morgan fingerprint density at radius 3 is 2.54 bits per heavy atom. The van der Waals surface area contributed by atoms with Gasteiger partial charge in [0.1, 0.15) is 5.82 Å². The van der Waals surface area contributed by atoms with Gasteiger partial charge in [-0.15, -0.1) is 0 Å². The van der Waals surface area contributed by atoms with E-state index < -0.39 is 23.4 Å². The highest BCUT2D eigenvalue weighted by Crippen LogP contribution is 2.32. The van der Waals surface area contributed by atoms with Crippen LogP contribution in [0.4, 0.5) is 13.2 Å². The van der Waals surface area contributed by atoms with Crippen LogP contribution in [0.25, 0.3) is 21.8 Å². The van der Waals surface area contributed by atoms with Crippen molar-refractivity contribution in [2.75, 3.05) is 0 Å². The third-order valence-electron chi connectivity index (χ3n) is 4.39. The van der Waals surface area contributed by atoms with Gasteiger partial charge in [-0.3, -0.25) is 4.79 Å². The normalized spacial score (nSPS) is 11.3. The fraction of sp³-hybridized carbons (Fsp3) is 0.0500. The highest BCUT2D eigenvalue weighted by molar-refractivity contribution is 6.17. The maximum absolute atomic E-state index is 14.1. The van der Waals surface area contributed by atoms with Crippen molar-refractivity contribution < 1.29 is 18.0 Å². The predicted molar refractivity (Wildman–Crippen MR) is 92.2 cm³/mol. The second kappa shape index (κ2) is 5.91. The van der Waals surface area contributed by atoms with Gasteiger partial charge in [0.2, 0.25) is 5.91 Å². The van der Waals surface area contributed by atoms with Crippen LogP contribution in [0.5, 0.6) is 0 Å². The quantitative estimate of drug-likeness (QED) is 0.591. The number of amides is 1. The van der Waals surface area contributed by atoms with Gasteiger partial charge in [0.25, 0.3) is 0 Å². The summed E-state index contributed by atoms with van der Waals surface area (Å²) in [6, 6.07) is 14.2. The number of carbonyl (C=O) groups is 1. The fourth-order valence-electron chi connectivity index (χ4n) is 3.25. The second-order valence-corrected chi connectivity index (χ2v) is 5.93. The Kier molecular flexibility index (Phi) is 3.68. The number of aromatic nitrogens is 1. The number of nitrogens with zero attached hydrogens (tertiary/aromatic N) is 1.